The fourth-order valence-corrected chi connectivity index (χ4v) is 6.00. The van der Waals surface area contributed by atoms with Crippen LogP contribution in [0.25, 0.3) is 5.69 Å². The number of ether oxygens (including phenoxy) is 1. The van der Waals surface area contributed by atoms with Crippen molar-refractivity contribution in [1.29, 1.82) is 0 Å². The molecule has 1 unspecified atom stereocenters. The van der Waals surface area contributed by atoms with Crippen LogP contribution >= 0.6 is 46.9 Å². The number of halogens is 1. The summed E-state index contributed by atoms with van der Waals surface area (Å²) in [6.45, 7) is 0. The number of thioether (sulfide) groups is 1. The minimum Gasteiger partial charge on any atom is -0.415 e. The molecular formula is C23H15ClN2OS3. The number of para-hydroxylation sites is 2. The van der Waals surface area contributed by atoms with Crippen LogP contribution in [0.1, 0.15) is 15.7 Å². The quantitative estimate of drug-likeness (QED) is 0.288. The fourth-order valence-electron chi connectivity index (χ4n) is 3.21. The Morgan fingerprint density at radius 2 is 1.57 bits per heavy atom. The van der Waals surface area contributed by atoms with Crippen molar-refractivity contribution < 1.29 is 4.74 Å². The van der Waals surface area contributed by atoms with Gasteiger partial charge < -0.3 is 4.74 Å². The Hall–Kier alpha value is -2.38. The van der Waals surface area contributed by atoms with E-state index < -0.39 is 0 Å². The molecule has 148 valence electrons. The van der Waals surface area contributed by atoms with Crippen molar-refractivity contribution in [2.75, 3.05) is 0 Å². The SMILES string of the molecule is S=c1sc2c(n1-c1ccccc1)OC(=Nc1ccccc1)SC2c1ccc(Cl)cc1. The second kappa shape index (κ2) is 8.40. The summed E-state index contributed by atoms with van der Waals surface area (Å²) in [5.41, 5.74) is 2.95. The van der Waals surface area contributed by atoms with E-state index >= 15 is 0 Å². The molecular weight excluding hydrogens is 452 g/mol. The summed E-state index contributed by atoms with van der Waals surface area (Å²) in [4.78, 5) is 5.82. The van der Waals surface area contributed by atoms with Crippen molar-refractivity contribution in [3.63, 3.8) is 0 Å². The number of hydrogen-bond donors (Lipinski definition) is 0. The van der Waals surface area contributed by atoms with Gasteiger partial charge in [0.05, 0.1) is 21.5 Å². The highest BCUT2D eigenvalue weighted by molar-refractivity contribution is 8.14. The second-order valence-electron chi connectivity index (χ2n) is 6.57. The van der Waals surface area contributed by atoms with Crippen LogP contribution in [0.5, 0.6) is 5.88 Å². The average molecular weight is 467 g/mol. The van der Waals surface area contributed by atoms with Crippen molar-refractivity contribution in [2.24, 2.45) is 4.99 Å². The van der Waals surface area contributed by atoms with Crippen molar-refractivity contribution in [3.8, 4) is 11.6 Å². The molecule has 4 aromatic rings. The van der Waals surface area contributed by atoms with Crippen LogP contribution in [0.15, 0.2) is 89.9 Å². The molecule has 0 saturated carbocycles. The van der Waals surface area contributed by atoms with Gasteiger partial charge in [-0.25, -0.2) is 4.99 Å². The molecule has 1 aromatic heterocycles. The molecule has 3 aromatic carbocycles. The highest BCUT2D eigenvalue weighted by atomic mass is 35.5. The van der Waals surface area contributed by atoms with Crippen LogP contribution in [0.2, 0.25) is 5.02 Å². The zero-order valence-corrected chi connectivity index (χ0v) is 18.8. The van der Waals surface area contributed by atoms with E-state index in [0.717, 1.165) is 31.6 Å². The summed E-state index contributed by atoms with van der Waals surface area (Å²) < 4.78 is 9.04. The lowest BCUT2D eigenvalue weighted by atomic mass is 10.1. The Morgan fingerprint density at radius 3 is 2.27 bits per heavy atom. The number of aliphatic imine (C=N–C) groups is 1. The zero-order valence-electron chi connectivity index (χ0n) is 15.6. The van der Waals surface area contributed by atoms with Crippen molar-refractivity contribution in [1.82, 2.24) is 4.57 Å². The van der Waals surface area contributed by atoms with Gasteiger partial charge in [-0.1, -0.05) is 71.9 Å². The topological polar surface area (TPSA) is 26.5 Å². The summed E-state index contributed by atoms with van der Waals surface area (Å²) in [6.07, 6.45) is 0. The van der Waals surface area contributed by atoms with E-state index in [1.165, 1.54) is 0 Å². The molecule has 0 saturated heterocycles. The molecule has 0 radical (unpaired) electrons. The molecule has 0 aliphatic carbocycles. The number of benzene rings is 3. The van der Waals surface area contributed by atoms with E-state index in [9.17, 15) is 0 Å². The van der Waals surface area contributed by atoms with Gasteiger partial charge in [0, 0.05) is 5.02 Å². The third-order valence-electron chi connectivity index (χ3n) is 4.60. The molecule has 30 heavy (non-hydrogen) atoms. The lowest BCUT2D eigenvalue weighted by Crippen LogP contribution is -2.17. The van der Waals surface area contributed by atoms with Crippen molar-refractivity contribution >= 4 is 57.8 Å². The monoisotopic (exact) mass is 466 g/mol. The summed E-state index contributed by atoms with van der Waals surface area (Å²) in [7, 11) is 0. The van der Waals surface area contributed by atoms with Gasteiger partial charge in [-0.05, 0) is 54.2 Å². The third-order valence-corrected chi connectivity index (χ3v) is 7.54. The number of aromatic nitrogens is 1. The van der Waals surface area contributed by atoms with Crippen molar-refractivity contribution in [2.45, 2.75) is 5.25 Å². The molecule has 3 nitrogen and oxygen atoms in total. The van der Waals surface area contributed by atoms with Gasteiger partial charge >= 0.3 is 0 Å². The normalized spacial score (nSPS) is 16.8. The smallest absolute Gasteiger partial charge is 0.258 e. The Kier molecular flexibility index (Phi) is 5.48. The predicted octanol–water partition coefficient (Wildman–Crippen LogP) is 7.82. The van der Waals surface area contributed by atoms with E-state index in [1.54, 1.807) is 23.1 Å². The lowest BCUT2D eigenvalue weighted by Gasteiger charge is -2.24. The van der Waals surface area contributed by atoms with Crippen molar-refractivity contribution in [3.05, 3.63) is 104 Å². The van der Waals surface area contributed by atoms with E-state index in [4.69, 9.17) is 33.5 Å². The first kappa shape index (κ1) is 19.6. The van der Waals surface area contributed by atoms with Crippen LogP contribution < -0.4 is 4.74 Å². The molecule has 0 spiro atoms. The molecule has 0 bridgehead atoms. The van der Waals surface area contributed by atoms with Gasteiger partial charge in [0.1, 0.15) is 0 Å². The first-order valence-corrected chi connectivity index (χ1v) is 11.7. The largest absolute Gasteiger partial charge is 0.415 e. The van der Waals surface area contributed by atoms with Gasteiger partial charge in [0.2, 0.25) is 5.88 Å². The van der Waals surface area contributed by atoms with Crippen LogP contribution in [0.4, 0.5) is 5.69 Å². The third kappa shape index (κ3) is 3.84. The number of nitrogens with zero attached hydrogens (tertiary/aromatic N) is 2. The standard InChI is InChI=1S/C23H15ClN2OS3/c24-16-13-11-15(12-14-16)19-20-21(26(23(28)30-20)18-9-5-2-6-10-18)27-22(29-19)25-17-7-3-1-4-8-17/h1-14,19H. The Balaban J connectivity index is 1.67. The number of thiazole rings is 1. The Morgan fingerprint density at radius 1 is 0.900 bits per heavy atom. The minimum atomic E-state index is 0.0186. The van der Waals surface area contributed by atoms with Crippen LogP contribution in [-0.2, 0) is 0 Å². The first-order valence-electron chi connectivity index (χ1n) is 9.24. The summed E-state index contributed by atoms with van der Waals surface area (Å²) in [6, 6.07) is 27.8. The molecule has 7 heteroatoms. The van der Waals surface area contributed by atoms with Gasteiger partial charge in [0.25, 0.3) is 5.23 Å². The molecule has 2 heterocycles. The Labute approximate surface area is 192 Å². The predicted molar refractivity (Wildman–Crippen MR) is 130 cm³/mol. The van der Waals surface area contributed by atoms with Crippen LogP contribution in [-0.4, -0.2) is 9.80 Å². The lowest BCUT2D eigenvalue weighted by molar-refractivity contribution is 0.517. The van der Waals surface area contributed by atoms with E-state index in [-0.39, 0.29) is 5.25 Å². The van der Waals surface area contributed by atoms with Gasteiger partial charge in [-0.2, -0.15) is 0 Å². The van der Waals surface area contributed by atoms with Crippen LogP contribution in [0.3, 0.4) is 0 Å². The average Bonchev–Trinajstić information content (AvgIpc) is 3.11. The maximum absolute atomic E-state index is 6.31. The summed E-state index contributed by atoms with van der Waals surface area (Å²) in [5.74, 6) is 0.726. The van der Waals surface area contributed by atoms with Crippen LogP contribution in [0, 0.1) is 3.95 Å². The molecule has 1 atom stereocenters. The molecule has 1 aliphatic rings. The zero-order chi connectivity index (χ0) is 20.5. The number of rotatable bonds is 3. The fraction of sp³-hybridized carbons (Fsp3) is 0.0435. The number of hydrogen-bond acceptors (Lipinski definition) is 5. The second-order valence-corrected chi connectivity index (χ2v) is 9.74. The van der Waals surface area contributed by atoms with E-state index in [2.05, 4.69) is 0 Å². The van der Waals surface area contributed by atoms with E-state index in [0.29, 0.717) is 10.3 Å². The summed E-state index contributed by atoms with van der Waals surface area (Å²) in [5, 5.41) is 1.32. The summed E-state index contributed by atoms with van der Waals surface area (Å²) >= 11 is 15.0. The molecule has 5 rings (SSSR count). The molecule has 0 N–H and O–H groups in total. The Bertz CT molecular complexity index is 1270. The number of fused-ring (bicyclic) bond motifs is 1. The highest BCUT2D eigenvalue weighted by Gasteiger charge is 2.33. The first-order chi connectivity index (χ1) is 14.7. The molecule has 0 amide bonds. The van der Waals surface area contributed by atoms with Gasteiger partial charge in [-0.15, -0.1) is 11.3 Å². The van der Waals surface area contributed by atoms with E-state index in [1.807, 2.05) is 89.5 Å². The highest BCUT2D eigenvalue weighted by Crippen LogP contribution is 2.49. The van der Waals surface area contributed by atoms with Gasteiger partial charge in [-0.3, -0.25) is 4.57 Å². The maximum atomic E-state index is 6.31. The minimum absolute atomic E-state index is 0.0186. The van der Waals surface area contributed by atoms with Gasteiger partial charge in [0.15, 0.2) is 3.95 Å². The maximum Gasteiger partial charge on any atom is 0.258 e. The molecule has 0 fully saturated rings. The molecule has 1 aliphatic heterocycles.